The van der Waals surface area contributed by atoms with Gasteiger partial charge in [-0.25, -0.2) is 0 Å². The lowest BCUT2D eigenvalue weighted by Gasteiger charge is -2.13. The third-order valence-electron chi connectivity index (χ3n) is 2.09. The van der Waals surface area contributed by atoms with Gasteiger partial charge in [0.1, 0.15) is 0 Å². The molecule has 64 valence electrons. The first-order valence-corrected chi connectivity index (χ1v) is 5.06. The van der Waals surface area contributed by atoms with Crippen LogP contribution in [0.25, 0.3) is 0 Å². The molecule has 0 unspecified atom stereocenters. The van der Waals surface area contributed by atoms with Gasteiger partial charge in [-0.05, 0) is 17.9 Å². The van der Waals surface area contributed by atoms with Crippen molar-refractivity contribution in [1.82, 2.24) is 4.90 Å². The molecule has 1 aromatic heterocycles. The van der Waals surface area contributed by atoms with Gasteiger partial charge < -0.3 is 4.90 Å². The highest BCUT2D eigenvalue weighted by atomic mass is 32.1. The molecule has 3 heteroatoms. The van der Waals surface area contributed by atoms with Crippen LogP contribution < -0.4 is 0 Å². The monoisotopic (exact) mass is 181 g/mol. The van der Waals surface area contributed by atoms with Crippen LogP contribution in [0.3, 0.4) is 0 Å². The average Bonchev–Trinajstić information content (AvgIpc) is 2.58. The Morgan fingerprint density at radius 2 is 2.50 bits per heavy atom. The van der Waals surface area contributed by atoms with Crippen molar-refractivity contribution in [2.75, 3.05) is 6.54 Å². The molecular formula is C9H11NOS. The molecule has 1 aromatic rings. The molecule has 0 spiro atoms. The van der Waals surface area contributed by atoms with E-state index in [9.17, 15) is 4.79 Å². The van der Waals surface area contributed by atoms with E-state index < -0.39 is 0 Å². The fourth-order valence-electron chi connectivity index (χ4n) is 1.52. The first-order valence-electron chi connectivity index (χ1n) is 4.18. The topological polar surface area (TPSA) is 20.3 Å². The van der Waals surface area contributed by atoms with Gasteiger partial charge in [-0.2, -0.15) is 0 Å². The van der Waals surface area contributed by atoms with Crippen LogP contribution in [0.5, 0.6) is 0 Å². The normalized spacial score (nSPS) is 15.4. The summed E-state index contributed by atoms with van der Waals surface area (Å²) in [6.07, 6.45) is 1.04. The lowest BCUT2D eigenvalue weighted by Crippen LogP contribution is -2.24. The van der Waals surface area contributed by atoms with Crippen molar-refractivity contribution in [1.29, 1.82) is 0 Å². The van der Waals surface area contributed by atoms with Gasteiger partial charge in [0.15, 0.2) is 0 Å². The standard InChI is InChI=1S/C9H11NOS/c1-2-4-10-6-8-7(9(10)11)3-5-12-8/h3,5H,2,4,6H2,1H3. The van der Waals surface area contributed by atoms with E-state index in [2.05, 4.69) is 6.92 Å². The van der Waals surface area contributed by atoms with Gasteiger partial charge in [0.05, 0.1) is 12.1 Å². The van der Waals surface area contributed by atoms with Crippen molar-refractivity contribution in [3.05, 3.63) is 21.9 Å². The van der Waals surface area contributed by atoms with Crippen LogP contribution in [-0.4, -0.2) is 17.4 Å². The van der Waals surface area contributed by atoms with Gasteiger partial charge in [-0.3, -0.25) is 4.79 Å². The van der Waals surface area contributed by atoms with Gasteiger partial charge in [-0.15, -0.1) is 11.3 Å². The zero-order valence-corrected chi connectivity index (χ0v) is 7.86. The molecule has 0 saturated heterocycles. The average molecular weight is 181 g/mol. The van der Waals surface area contributed by atoms with Crippen LogP contribution >= 0.6 is 11.3 Å². The van der Waals surface area contributed by atoms with Crippen LogP contribution in [0.1, 0.15) is 28.6 Å². The van der Waals surface area contributed by atoms with Crippen LogP contribution in [0.15, 0.2) is 11.4 Å². The Morgan fingerprint density at radius 1 is 1.67 bits per heavy atom. The molecule has 0 N–H and O–H groups in total. The number of carbonyl (C=O) groups excluding carboxylic acids is 1. The minimum atomic E-state index is 0.216. The molecule has 0 saturated carbocycles. The lowest BCUT2D eigenvalue weighted by atomic mass is 10.3. The molecule has 0 bridgehead atoms. The summed E-state index contributed by atoms with van der Waals surface area (Å²) in [7, 11) is 0. The molecule has 1 aliphatic heterocycles. The summed E-state index contributed by atoms with van der Waals surface area (Å²) in [6, 6.07) is 1.93. The first-order chi connectivity index (χ1) is 5.83. The first kappa shape index (κ1) is 7.80. The van der Waals surface area contributed by atoms with Gasteiger partial charge in [0.25, 0.3) is 5.91 Å². The van der Waals surface area contributed by atoms with Gasteiger partial charge in [-0.1, -0.05) is 6.92 Å². The Balaban J connectivity index is 2.21. The maximum absolute atomic E-state index is 11.6. The van der Waals surface area contributed by atoms with Crippen LogP contribution in [0.4, 0.5) is 0 Å². The second-order valence-corrected chi connectivity index (χ2v) is 3.98. The fourth-order valence-corrected chi connectivity index (χ4v) is 2.40. The Labute approximate surface area is 75.8 Å². The molecule has 12 heavy (non-hydrogen) atoms. The van der Waals surface area contributed by atoms with Gasteiger partial charge in [0, 0.05) is 11.4 Å². The van der Waals surface area contributed by atoms with E-state index in [1.807, 2.05) is 16.3 Å². The van der Waals surface area contributed by atoms with Crippen molar-refractivity contribution in [2.24, 2.45) is 0 Å². The molecule has 1 amide bonds. The third-order valence-corrected chi connectivity index (χ3v) is 3.00. The number of rotatable bonds is 2. The van der Waals surface area contributed by atoms with Gasteiger partial charge >= 0.3 is 0 Å². The predicted octanol–water partition coefficient (Wildman–Crippen LogP) is 2.11. The van der Waals surface area contributed by atoms with Crippen LogP contribution in [0.2, 0.25) is 0 Å². The summed E-state index contributed by atoms with van der Waals surface area (Å²) in [6.45, 7) is 3.82. The maximum Gasteiger partial charge on any atom is 0.255 e. The summed E-state index contributed by atoms with van der Waals surface area (Å²) >= 11 is 1.68. The maximum atomic E-state index is 11.6. The number of thiophene rings is 1. The molecule has 2 nitrogen and oxygen atoms in total. The highest BCUT2D eigenvalue weighted by Crippen LogP contribution is 2.27. The van der Waals surface area contributed by atoms with E-state index >= 15 is 0 Å². The molecule has 0 fully saturated rings. The number of hydrogen-bond acceptors (Lipinski definition) is 2. The second-order valence-electron chi connectivity index (χ2n) is 2.98. The minimum Gasteiger partial charge on any atom is -0.333 e. The molecule has 0 atom stereocenters. The van der Waals surface area contributed by atoms with Crippen molar-refractivity contribution in [3.63, 3.8) is 0 Å². The number of carbonyl (C=O) groups is 1. The molecule has 2 heterocycles. The van der Waals surface area contributed by atoms with E-state index in [1.54, 1.807) is 11.3 Å². The largest absolute Gasteiger partial charge is 0.333 e. The number of nitrogens with zero attached hydrogens (tertiary/aromatic N) is 1. The summed E-state index contributed by atoms with van der Waals surface area (Å²) in [5, 5.41) is 1.99. The van der Waals surface area contributed by atoms with Gasteiger partial charge in [0.2, 0.25) is 0 Å². The van der Waals surface area contributed by atoms with E-state index in [-0.39, 0.29) is 5.91 Å². The molecule has 0 radical (unpaired) electrons. The second kappa shape index (κ2) is 2.90. The van der Waals surface area contributed by atoms with E-state index in [4.69, 9.17) is 0 Å². The van der Waals surface area contributed by atoms with Crippen LogP contribution in [-0.2, 0) is 6.54 Å². The number of fused-ring (bicyclic) bond motifs is 1. The summed E-state index contributed by atoms with van der Waals surface area (Å²) in [5.74, 6) is 0.216. The molecule has 0 aromatic carbocycles. The van der Waals surface area contributed by atoms with Crippen molar-refractivity contribution in [3.8, 4) is 0 Å². The highest BCUT2D eigenvalue weighted by molar-refractivity contribution is 7.10. The molecule has 0 aliphatic carbocycles. The van der Waals surface area contributed by atoms with Crippen molar-refractivity contribution in [2.45, 2.75) is 19.9 Å². The Bertz CT molecular complexity index is 305. The number of amides is 1. The predicted molar refractivity (Wildman–Crippen MR) is 49.4 cm³/mol. The van der Waals surface area contributed by atoms with Crippen LogP contribution in [0, 0.1) is 0 Å². The van der Waals surface area contributed by atoms with Crippen molar-refractivity contribution >= 4 is 17.2 Å². The summed E-state index contributed by atoms with van der Waals surface area (Å²) in [4.78, 5) is 14.7. The molecular weight excluding hydrogens is 170 g/mol. The zero-order chi connectivity index (χ0) is 8.55. The lowest BCUT2D eigenvalue weighted by molar-refractivity contribution is 0.0779. The third kappa shape index (κ3) is 1.05. The number of hydrogen-bond donors (Lipinski definition) is 0. The molecule has 1 aliphatic rings. The van der Waals surface area contributed by atoms with E-state index in [0.717, 1.165) is 25.1 Å². The highest BCUT2D eigenvalue weighted by Gasteiger charge is 2.27. The summed E-state index contributed by atoms with van der Waals surface area (Å²) < 4.78 is 0. The van der Waals surface area contributed by atoms with E-state index in [0.29, 0.717) is 0 Å². The minimum absolute atomic E-state index is 0.216. The Morgan fingerprint density at radius 3 is 3.17 bits per heavy atom. The Hall–Kier alpha value is -0.830. The van der Waals surface area contributed by atoms with E-state index in [1.165, 1.54) is 4.88 Å². The van der Waals surface area contributed by atoms with Crippen molar-refractivity contribution < 1.29 is 4.79 Å². The molecule has 2 rings (SSSR count). The smallest absolute Gasteiger partial charge is 0.255 e. The zero-order valence-electron chi connectivity index (χ0n) is 7.04. The quantitative estimate of drug-likeness (QED) is 0.684. The summed E-state index contributed by atoms with van der Waals surface area (Å²) in [5.41, 5.74) is 0.924. The Kier molecular flexibility index (Phi) is 1.89. The SMILES string of the molecule is CCCN1Cc2sccc2C1=O. The fraction of sp³-hybridized carbons (Fsp3) is 0.444.